The first-order valence-corrected chi connectivity index (χ1v) is 11.0. The molecule has 0 atom stereocenters. The lowest BCUT2D eigenvalue weighted by Crippen LogP contribution is -2.23. The number of halogens is 1. The molecule has 0 aliphatic rings. The Kier molecular flexibility index (Phi) is 6.42. The van der Waals surface area contributed by atoms with E-state index in [0.717, 1.165) is 35.6 Å². The van der Waals surface area contributed by atoms with Gasteiger partial charge in [0, 0.05) is 0 Å². The van der Waals surface area contributed by atoms with Crippen LogP contribution >= 0.6 is 11.3 Å². The number of fused-ring (bicyclic) bond motifs is 1. The third-order valence-corrected chi connectivity index (χ3v) is 6.58. The van der Waals surface area contributed by atoms with Gasteiger partial charge in [0.05, 0.1) is 25.7 Å². The maximum Gasteiger partial charge on any atom is 0.326 e. The van der Waals surface area contributed by atoms with E-state index in [2.05, 4.69) is 4.40 Å². The number of sulfonamides is 1. The van der Waals surface area contributed by atoms with E-state index >= 15 is 0 Å². The first-order chi connectivity index (χ1) is 14.3. The molecule has 3 rings (SSSR count). The molecule has 0 radical (unpaired) electrons. The summed E-state index contributed by atoms with van der Waals surface area (Å²) in [6.45, 7) is 1.56. The Balaban J connectivity index is 2.30. The molecule has 1 aromatic heterocycles. The summed E-state index contributed by atoms with van der Waals surface area (Å²) in [6, 6.07) is 7.63. The third kappa shape index (κ3) is 4.31. The Hall–Kier alpha value is -2.92. The largest absolute Gasteiger partial charge is 0.495 e. The number of methoxy groups -OCH3 is 2. The SMILES string of the molecule is CCOC(=O)Cn1c(=NS(=O)(=O)c2ccc(F)cc2)sc2c(OC)ccc(OC)c21. The zero-order valence-electron chi connectivity index (χ0n) is 16.4. The van der Waals surface area contributed by atoms with Crippen LogP contribution in [0.4, 0.5) is 4.39 Å². The van der Waals surface area contributed by atoms with Crippen LogP contribution in [-0.2, 0) is 26.1 Å². The van der Waals surface area contributed by atoms with Crippen molar-refractivity contribution in [2.24, 2.45) is 4.40 Å². The molecule has 2 aromatic carbocycles. The Labute approximate surface area is 176 Å². The lowest BCUT2D eigenvalue weighted by Gasteiger charge is -2.10. The van der Waals surface area contributed by atoms with Crippen LogP contribution < -0.4 is 14.3 Å². The maximum absolute atomic E-state index is 13.2. The van der Waals surface area contributed by atoms with E-state index in [1.165, 1.54) is 18.8 Å². The van der Waals surface area contributed by atoms with Crippen molar-refractivity contribution in [3.8, 4) is 11.5 Å². The molecule has 0 N–H and O–H groups in total. The van der Waals surface area contributed by atoms with Gasteiger partial charge in [-0.15, -0.1) is 4.40 Å². The van der Waals surface area contributed by atoms with Gasteiger partial charge in [-0.2, -0.15) is 8.42 Å². The molecule has 0 aliphatic heterocycles. The molecular formula is C19H19FN2O6S2. The topological polar surface area (TPSA) is 96.2 Å². The van der Waals surface area contributed by atoms with Gasteiger partial charge in [0.25, 0.3) is 10.0 Å². The fraction of sp³-hybridized carbons (Fsp3) is 0.263. The molecule has 1 heterocycles. The van der Waals surface area contributed by atoms with E-state index in [1.54, 1.807) is 19.1 Å². The highest BCUT2D eigenvalue weighted by Gasteiger charge is 2.21. The van der Waals surface area contributed by atoms with Crippen LogP contribution in [0.1, 0.15) is 6.92 Å². The Morgan fingerprint density at radius 2 is 1.73 bits per heavy atom. The second-order valence-electron chi connectivity index (χ2n) is 5.94. The van der Waals surface area contributed by atoms with Gasteiger partial charge in [0.15, 0.2) is 0 Å². The highest BCUT2D eigenvalue weighted by Crippen LogP contribution is 2.35. The summed E-state index contributed by atoms with van der Waals surface area (Å²) in [7, 11) is -1.24. The van der Waals surface area contributed by atoms with Crippen molar-refractivity contribution < 1.29 is 31.8 Å². The molecule has 0 spiro atoms. The number of hydrogen-bond acceptors (Lipinski definition) is 7. The second kappa shape index (κ2) is 8.84. The highest BCUT2D eigenvalue weighted by atomic mass is 32.2. The summed E-state index contributed by atoms with van der Waals surface area (Å²) in [6.07, 6.45) is 0. The van der Waals surface area contributed by atoms with Crippen LogP contribution in [-0.4, -0.2) is 39.8 Å². The number of nitrogens with zero attached hydrogens (tertiary/aromatic N) is 2. The number of carbonyl (C=O) groups excluding carboxylic acids is 1. The first-order valence-electron chi connectivity index (χ1n) is 8.77. The number of esters is 1. The van der Waals surface area contributed by atoms with E-state index in [1.807, 2.05) is 0 Å². The summed E-state index contributed by atoms with van der Waals surface area (Å²) < 4.78 is 60.4. The number of carbonyl (C=O) groups is 1. The molecule has 0 fully saturated rings. The summed E-state index contributed by atoms with van der Waals surface area (Å²) in [5.41, 5.74) is 0.447. The van der Waals surface area contributed by atoms with E-state index in [4.69, 9.17) is 14.2 Å². The van der Waals surface area contributed by atoms with Crippen LogP contribution in [0.15, 0.2) is 45.7 Å². The molecular weight excluding hydrogens is 435 g/mol. The van der Waals surface area contributed by atoms with Crippen LogP contribution in [0.5, 0.6) is 11.5 Å². The quantitative estimate of drug-likeness (QED) is 0.510. The number of rotatable bonds is 7. The van der Waals surface area contributed by atoms with Gasteiger partial charge in [0.1, 0.15) is 34.1 Å². The molecule has 11 heteroatoms. The minimum atomic E-state index is -4.17. The monoisotopic (exact) mass is 454 g/mol. The Morgan fingerprint density at radius 1 is 1.10 bits per heavy atom. The summed E-state index contributed by atoms with van der Waals surface area (Å²) in [5, 5.41) is 0. The van der Waals surface area contributed by atoms with E-state index in [9.17, 15) is 17.6 Å². The van der Waals surface area contributed by atoms with Crippen molar-refractivity contribution in [3.63, 3.8) is 0 Å². The van der Waals surface area contributed by atoms with Gasteiger partial charge in [-0.25, -0.2) is 4.39 Å². The van der Waals surface area contributed by atoms with E-state index < -0.39 is 21.8 Å². The van der Waals surface area contributed by atoms with E-state index in [-0.39, 0.29) is 22.8 Å². The lowest BCUT2D eigenvalue weighted by atomic mass is 10.3. The molecule has 160 valence electrons. The molecule has 0 saturated carbocycles. The normalized spacial score (nSPS) is 12.2. The molecule has 0 bridgehead atoms. The molecule has 0 aliphatic carbocycles. The Morgan fingerprint density at radius 3 is 2.33 bits per heavy atom. The minimum absolute atomic E-state index is 0.0187. The lowest BCUT2D eigenvalue weighted by molar-refractivity contribution is -0.143. The summed E-state index contributed by atoms with van der Waals surface area (Å²) in [5.74, 6) is -0.258. The molecule has 8 nitrogen and oxygen atoms in total. The van der Waals surface area contributed by atoms with E-state index in [0.29, 0.717) is 21.7 Å². The predicted molar refractivity (Wildman–Crippen MR) is 109 cm³/mol. The number of aromatic nitrogens is 1. The zero-order chi connectivity index (χ0) is 21.9. The van der Waals surface area contributed by atoms with Gasteiger partial charge in [-0.3, -0.25) is 4.79 Å². The van der Waals surface area contributed by atoms with Gasteiger partial charge in [-0.05, 0) is 43.3 Å². The van der Waals surface area contributed by atoms with Crippen molar-refractivity contribution in [2.45, 2.75) is 18.4 Å². The molecule has 30 heavy (non-hydrogen) atoms. The van der Waals surface area contributed by atoms with Gasteiger partial charge in [0.2, 0.25) is 4.80 Å². The third-order valence-electron chi connectivity index (χ3n) is 4.09. The average molecular weight is 455 g/mol. The molecule has 3 aromatic rings. The van der Waals surface area contributed by atoms with Crippen molar-refractivity contribution in [1.29, 1.82) is 0 Å². The standard InChI is InChI=1S/C19H19FN2O6S2/c1-4-28-16(23)11-22-17-14(26-2)9-10-15(27-3)18(17)29-19(22)21-30(24,25)13-7-5-12(20)6-8-13/h5-10H,4,11H2,1-3H3. The second-order valence-corrected chi connectivity index (χ2v) is 8.53. The average Bonchev–Trinajstić information content (AvgIpc) is 3.05. The van der Waals surface area contributed by atoms with Crippen LogP contribution in [0, 0.1) is 5.82 Å². The Bertz CT molecular complexity index is 1250. The number of benzene rings is 2. The van der Waals surface area contributed by atoms with Crippen molar-refractivity contribution in [3.05, 3.63) is 47.0 Å². The molecule has 0 amide bonds. The first kappa shape index (κ1) is 21.8. The van der Waals surface area contributed by atoms with Crippen LogP contribution in [0.2, 0.25) is 0 Å². The van der Waals surface area contributed by atoms with Crippen molar-refractivity contribution in [1.82, 2.24) is 4.57 Å². The maximum atomic E-state index is 13.2. The molecule has 0 unspecified atom stereocenters. The fourth-order valence-corrected chi connectivity index (χ4v) is 5.11. The number of hydrogen-bond donors (Lipinski definition) is 0. The predicted octanol–water partition coefficient (Wildman–Crippen LogP) is 2.71. The van der Waals surface area contributed by atoms with Crippen LogP contribution in [0.3, 0.4) is 0 Å². The smallest absolute Gasteiger partial charge is 0.326 e. The number of ether oxygens (including phenoxy) is 3. The highest BCUT2D eigenvalue weighted by molar-refractivity contribution is 7.90. The van der Waals surface area contributed by atoms with Crippen molar-refractivity contribution >= 4 is 37.5 Å². The minimum Gasteiger partial charge on any atom is -0.495 e. The summed E-state index contributed by atoms with van der Waals surface area (Å²) in [4.78, 5) is 12.0. The van der Waals surface area contributed by atoms with Crippen molar-refractivity contribution in [2.75, 3.05) is 20.8 Å². The summed E-state index contributed by atoms with van der Waals surface area (Å²) >= 11 is 1.02. The molecule has 0 saturated heterocycles. The van der Waals surface area contributed by atoms with Gasteiger partial charge < -0.3 is 18.8 Å². The zero-order valence-corrected chi connectivity index (χ0v) is 18.0. The van der Waals surface area contributed by atoms with Gasteiger partial charge >= 0.3 is 5.97 Å². The van der Waals surface area contributed by atoms with Gasteiger partial charge in [-0.1, -0.05) is 11.3 Å². The fourth-order valence-electron chi connectivity index (χ4n) is 2.77. The number of thiazole rings is 1. The van der Waals surface area contributed by atoms with Crippen LogP contribution in [0.25, 0.3) is 10.2 Å².